The Kier molecular flexibility index (Phi) is 3.41. The van der Waals surface area contributed by atoms with Gasteiger partial charge in [-0.1, -0.05) is 6.92 Å². The normalized spacial score (nSPS) is 21.7. The van der Waals surface area contributed by atoms with Crippen molar-refractivity contribution in [2.24, 2.45) is 5.92 Å². The van der Waals surface area contributed by atoms with Crippen LogP contribution in [0.15, 0.2) is 12.4 Å². The highest BCUT2D eigenvalue weighted by atomic mass is 35.5. The molecule has 4 heteroatoms. The van der Waals surface area contributed by atoms with Crippen molar-refractivity contribution >= 4 is 17.5 Å². The molecule has 1 atom stereocenters. The van der Waals surface area contributed by atoms with Gasteiger partial charge in [-0.3, -0.25) is 0 Å². The molecule has 1 aromatic heterocycles. The van der Waals surface area contributed by atoms with Crippen LogP contribution in [0.1, 0.15) is 25.3 Å². The number of nitrogens with zero attached hydrogens (tertiary/aromatic N) is 3. The molecule has 3 nitrogen and oxygen atoms in total. The molecule has 1 aromatic rings. The molecule has 1 unspecified atom stereocenters. The molecule has 0 aliphatic carbocycles. The van der Waals surface area contributed by atoms with Crippen molar-refractivity contribution in [1.29, 1.82) is 0 Å². The van der Waals surface area contributed by atoms with E-state index in [2.05, 4.69) is 21.8 Å². The van der Waals surface area contributed by atoms with Crippen molar-refractivity contribution in [2.75, 3.05) is 18.0 Å². The van der Waals surface area contributed by atoms with Crippen molar-refractivity contribution in [1.82, 2.24) is 9.97 Å². The number of aromatic nitrogens is 2. The Bertz CT molecular complexity index is 312. The minimum Gasteiger partial charge on any atom is -0.341 e. The van der Waals surface area contributed by atoms with Crippen molar-refractivity contribution in [2.45, 2.75) is 25.6 Å². The number of halogens is 1. The lowest BCUT2D eigenvalue weighted by molar-refractivity contribution is 0.442. The van der Waals surface area contributed by atoms with E-state index < -0.39 is 0 Å². The Balaban J connectivity index is 2.07. The number of alkyl halides is 1. The Hall–Kier alpha value is -0.830. The highest BCUT2D eigenvalue weighted by molar-refractivity contribution is 6.17. The fourth-order valence-corrected chi connectivity index (χ4v) is 2.09. The van der Waals surface area contributed by atoms with E-state index in [1.807, 2.05) is 12.4 Å². The molecular weight excluding hydrogens is 210 g/mol. The molecule has 0 radical (unpaired) electrons. The zero-order valence-electron chi connectivity index (χ0n) is 8.99. The van der Waals surface area contributed by atoms with Gasteiger partial charge in [0.25, 0.3) is 0 Å². The summed E-state index contributed by atoms with van der Waals surface area (Å²) in [4.78, 5) is 10.9. The highest BCUT2D eigenvalue weighted by Crippen LogP contribution is 2.19. The second-order valence-electron chi connectivity index (χ2n) is 4.22. The van der Waals surface area contributed by atoms with E-state index in [1.54, 1.807) is 0 Å². The highest BCUT2D eigenvalue weighted by Gasteiger charge is 2.18. The molecule has 82 valence electrons. The summed E-state index contributed by atoms with van der Waals surface area (Å²) in [6, 6.07) is 0. The molecule has 15 heavy (non-hydrogen) atoms. The van der Waals surface area contributed by atoms with Gasteiger partial charge in [0, 0.05) is 31.0 Å². The van der Waals surface area contributed by atoms with Gasteiger partial charge >= 0.3 is 0 Å². The molecule has 0 amide bonds. The third kappa shape index (κ3) is 2.59. The van der Waals surface area contributed by atoms with Crippen LogP contribution in [0.4, 0.5) is 5.95 Å². The minimum absolute atomic E-state index is 0.483. The van der Waals surface area contributed by atoms with Crippen LogP contribution in [-0.4, -0.2) is 23.1 Å². The quantitative estimate of drug-likeness (QED) is 0.724. The average molecular weight is 226 g/mol. The molecule has 0 bridgehead atoms. The first-order chi connectivity index (χ1) is 7.29. The Morgan fingerprint density at radius 1 is 1.47 bits per heavy atom. The van der Waals surface area contributed by atoms with Crippen LogP contribution < -0.4 is 4.90 Å². The lowest BCUT2D eigenvalue weighted by Gasteiger charge is -2.30. The van der Waals surface area contributed by atoms with E-state index in [-0.39, 0.29) is 0 Å². The number of hydrogen-bond acceptors (Lipinski definition) is 3. The lowest BCUT2D eigenvalue weighted by atomic mass is 10.0. The number of piperidine rings is 1. The van der Waals surface area contributed by atoms with Crippen LogP contribution in [0.5, 0.6) is 0 Å². The molecule has 0 spiro atoms. The third-order valence-corrected chi connectivity index (χ3v) is 3.09. The van der Waals surface area contributed by atoms with Crippen LogP contribution in [0.25, 0.3) is 0 Å². The Labute approximate surface area is 95.5 Å². The van der Waals surface area contributed by atoms with E-state index >= 15 is 0 Å². The molecule has 1 aliphatic heterocycles. The molecule has 1 aliphatic rings. The van der Waals surface area contributed by atoms with Gasteiger partial charge < -0.3 is 4.90 Å². The van der Waals surface area contributed by atoms with Gasteiger partial charge in [-0.15, -0.1) is 11.6 Å². The van der Waals surface area contributed by atoms with Crippen LogP contribution in [-0.2, 0) is 5.88 Å². The lowest BCUT2D eigenvalue weighted by Crippen LogP contribution is -2.35. The van der Waals surface area contributed by atoms with Crippen molar-refractivity contribution in [3.8, 4) is 0 Å². The molecular formula is C11H16ClN3. The second kappa shape index (κ2) is 4.79. The van der Waals surface area contributed by atoms with Gasteiger partial charge in [0.2, 0.25) is 5.95 Å². The number of anilines is 1. The maximum Gasteiger partial charge on any atom is 0.225 e. The topological polar surface area (TPSA) is 29.0 Å². The maximum atomic E-state index is 5.69. The van der Waals surface area contributed by atoms with Crippen molar-refractivity contribution in [3.63, 3.8) is 0 Å². The minimum atomic E-state index is 0.483. The predicted molar refractivity (Wildman–Crippen MR) is 62.2 cm³/mol. The second-order valence-corrected chi connectivity index (χ2v) is 4.49. The largest absolute Gasteiger partial charge is 0.341 e. The van der Waals surface area contributed by atoms with Gasteiger partial charge in [-0.05, 0) is 18.8 Å². The van der Waals surface area contributed by atoms with Crippen molar-refractivity contribution in [3.05, 3.63) is 18.0 Å². The summed E-state index contributed by atoms with van der Waals surface area (Å²) in [5.74, 6) is 2.07. The fourth-order valence-electron chi connectivity index (χ4n) is 1.95. The van der Waals surface area contributed by atoms with Crippen LogP contribution in [0.2, 0.25) is 0 Å². The smallest absolute Gasteiger partial charge is 0.225 e. The van der Waals surface area contributed by atoms with E-state index in [4.69, 9.17) is 11.6 Å². The zero-order chi connectivity index (χ0) is 10.7. The van der Waals surface area contributed by atoms with Crippen LogP contribution in [0, 0.1) is 5.92 Å². The van der Waals surface area contributed by atoms with E-state index in [9.17, 15) is 0 Å². The van der Waals surface area contributed by atoms with E-state index in [0.717, 1.165) is 30.5 Å². The summed E-state index contributed by atoms with van der Waals surface area (Å²) in [6.45, 7) is 4.42. The van der Waals surface area contributed by atoms with Gasteiger partial charge in [0.05, 0.1) is 5.88 Å². The molecule has 1 fully saturated rings. The Morgan fingerprint density at radius 3 is 2.80 bits per heavy atom. The molecule has 2 heterocycles. The number of rotatable bonds is 2. The van der Waals surface area contributed by atoms with Crippen LogP contribution >= 0.6 is 11.6 Å². The summed E-state index contributed by atoms with van der Waals surface area (Å²) in [7, 11) is 0. The van der Waals surface area contributed by atoms with Gasteiger partial charge in [0.1, 0.15) is 0 Å². The van der Waals surface area contributed by atoms with Crippen molar-refractivity contribution < 1.29 is 0 Å². The molecule has 1 saturated heterocycles. The van der Waals surface area contributed by atoms with Gasteiger partial charge in [-0.2, -0.15) is 0 Å². The predicted octanol–water partition coefficient (Wildman–Crippen LogP) is 2.45. The summed E-state index contributed by atoms with van der Waals surface area (Å²) in [5.41, 5.74) is 0.977. The first-order valence-electron chi connectivity index (χ1n) is 5.41. The third-order valence-electron chi connectivity index (χ3n) is 2.79. The first-order valence-corrected chi connectivity index (χ1v) is 5.95. The Morgan fingerprint density at radius 2 is 2.20 bits per heavy atom. The van der Waals surface area contributed by atoms with E-state index in [1.165, 1.54) is 12.8 Å². The maximum absolute atomic E-state index is 5.69. The molecule has 2 rings (SSSR count). The average Bonchev–Trinajstić information content (AvgIpc) is 2.29. The molecule has 0 N–H and O–H groups in total. The molecule has 0 aromatic carbocycles. The summed E-state index contributed by atoms with van der Waals surface area (Å²) < 4.78 is 0. The zero-order valence-corrected chi connectivity index (χ0v) is 9.74. The summed E-state index contributed by atoms with van der Waals surface area (Å²) >= 11 is 5.69. The van der Waals surface area contributed by atoms with Gasteiger partial charge in [0.15, 0.2) is 0 Å². The first kappa shape index (κ1) is 10.7. The van der Waals surface area contributed by atoms with Gasteiger partial charge in [-0.25, -0.2) is 9.97 Å². The molecule has 0 saturated carbocycles. The standard InChI is InChI=1S/C11H16ClN3/c1-9-3-2-4-15(8-9)11-13-6-10(5-12)7-14-11/h6-7,9H,2-5,8H2,1H3. The van der Waals surface area contributed by atoms with Crippen LogP contribution in [0.3, 0.4) is 0 Å². The van der Waals surface area contributed by atoms with E-state index in [0.29, 0.717) is 5.88 Å². The fraction of sp³-hybridized carbons (Fsp3) is 0.636. The summed E-state index contributed by atoms with van der Waals surface area (Å²) in [6.07, 6.45) is 6.18. The monoisotopic (exact) mass is 225 g/mol. The summed E-state index contributed by atoms with van der Waals surface area (Å²) in [5, 5.41) is 0. The number of hydrogen-bond donors (Lipinski definition) is 0. The SMILES string of the molecule is CC1CCCN(c2ncc(CCl)cn2)C1.